The van der Waals surface area contributed by atoms with Gasteiger partial charge in [0.15, 0.2) is 6.61 Å². The molecule has 0 aromatic heterocycles. The van der Waals surface area contributed by atoms with Crippen LogP contribution in [0.1, 0.15) is 18.1 Å². The lowest BCUT2D eigenvalue weighted by Gasteiger charge is -2.10. The molecule has 31 heavy (non-hydrogen) atoms. The van der Waals surface area contributed by atoms with Gasteiger partial charge in [0.1, 0.15) is 5.75 Å². The van der Waals surface area contributed by atoms with E-state index in [0.717, 1.165) is 12.1 Å². The maximum Gasteiger partial charge on any atom is 0.416 e. The molecule has 0 saturated heterocycles. The third-order valence-electron chi connectivity index (χ3n) is 3.62. The summed E-state index contributed by atoms with van der Waals surface area (Å²) in [5.74, 6) is -2.09. The second-order valence-electron chi connectivity index (χ2n) is 6.05. The number of carbonyl (C=O) groups excluding carboxylic acids is 3. The molecule has 2 aromatic carbocycles. The van der Waals surface area contributed by atoms with Crippen LogP contribution in [0.2, 0.25) is 0 Å². The van der Waals surface area contributed by atoms with E-state index < -0.39 is 36.1 Å². The predicted molar refractivity (Wildman–Crippen MR) is 106 cm³/mol. The Hall–Kier alpha value is -3.89. The second-order valence-corrected chi connectivity index (χ2v) is 6.05. The Morgan fingerprint density at radius 3 is 2.52 bits per heavy atom. The van der Waals surface area contributed by atoms with E-state index >= 15 is 0 Å². The molecule has 11 heteroatoms. The zero-order chi connectivity index (χ0) is 22.9. The first-order chi connectivity index (χ1) is 14.7. The number of alkyl halides is 3. The summed E-state index contributed by atoms with van der Waals surface area (Å²) < 4.78 is 43.5. The van der Waals surface area contributed by atoms with Crippen molar-refractivity contribution < 1.29 is 32.3 Å². The van der Waals surface area contributed by atoms with Crippen LogP contribution in [-0.2, 0) is 20.6 Å². The van der Waals surface area contributed by atoms with E-state index in [0.29, 0.717) is 12.1 Å². The molecule has 0 saturated carbocycles. The zero-order valence-electron chi connectivity index (χ0n) is 16.3. The van der Waals surface area contributed by atoms with Crippen LogP contribution in [-0.4, -0.2) is 37.1 Å². The minimum Gasteiger partial charge on any atom is -0.484 e. The summed E-state index contributed by atoms with van der Waals surface area (Å²) in [7, 11) is 0. The van der Waals surface area contributed by atoms with Gasteiger partial charge in [0.05, 0.1) is 11.8 Å². The van der Waals surface area contributed by atoms with E-state index in [1.54, 1.807) is 25.1 Å². The lowest BCUT2D eigenvalue weighted by molar-refractivity contribution is -0.139. The summed E-state index contributed by atoms with van der Waals surface area (Å²) in [6.45, 7) is 1.53. The van der Waals surface area contributed by atoms with Crippen molar-refractivity contribution in [2.45, 2.75) is 13.1 Å². The monoisotopic (exact) mass is 436 g/mol. The molecule has 0 aliphatic rings. The Morgan fingerprint density at radius 1 is 1.06 bits per heavy atom. The largest absolute Gasteiger partial charge is 0.484 e. The topological polar surface area (TPSA) is 109 Å². The van der Waals surface area contributed by atoms with Crippen LogP contribution in [0.4, 0.5) is 18.9 Å². The molecule has 0 unspecified atom stereocenters. The quantitative estimate of drug-likeness (QED) is 0.352. The molecule has 8 nitrogen and oxygen atoms in total. The number of hydrazone groups is 1. The highest BCUT2D eigenvalue weighted by atomic mass is 19.4. The van der Waals surface area contributed by atoms with Crippen LogP contribution in [0, 0.1) is 0 Å². The minimum absolute atomic E-state index is 0.00726. The zero-order valence-corrected chi connectivity index (χ0v) is 16.3. The number of ether oxygens (including phenoxy) is 1. The number of benzene rings is 2. The fraction of sp³-hybridized carbons (Fsp3) is 0.200. The Morgan fingerprint density at radius 2 is 1.81 bits per heavy atom. The molecule has 0 atom stereocenters. The molecule has 0 heterocycles. The van der Waals surface area contributed by atoms with Gasteiger partial charge in [-0.1, -0.05) is 18.2 Å². The number of likely N-dealkylation sites (N-methyl/N-ethyl adjacent to an activating group) is 1. The number of hydrogen-bond donors (Lipinski definition) is 3. The van der Waals surface area contributed by atoms with Gasteiger partial charge in [0.2, 0.25) is 0 Å². The molecule has 2 rings (SSSR count). The van der Waals surface area contributed by atoms with Crippen molar-refractivity contribution in [3.8, 4) is 5.75 Å². The first-order valence-corrected chi connectivity index (χ1v) is 9.00. The number of anilines is 1. The lowest BCUT2D eigenvalue weighted by atomic mass is 10.2. The van der Waals surface area contributed by atoms with Gasteiger partial charge in [-0.25, -0.2) is 5.43 Å². The molecule has 0 aliphatic carbocycles. The number of halogens is 3. The number of rotatable bonds is 7. The molecular weight excluding hydrogens is 417 g/mol. The van der Waals surface area contributed by atoms with Crippen molar-refractivity contribution in [1.29, 1.82) is 0 Å². The summed E-state index contributed by atoms with van der Waals surface area (Å²) in [5, 5.41) is 8.30. The highest BCUT2D eigenvalue weighted by Gasteiger charge is 2.30. The van der Waals surface area contributed by atoms with E-state index in [-0.39, 0.29) is 11.4 Å². The summed E-state index contributed by atoms with van der Waals surface area (Å²) in [4.78, 5) is 34.7. The molecule has 164 valence electrons. The molecule has 0 spiro atoms. The van der Waals surface area contributed by atoms with Gasteiger partial charge >= 0.3 is 18.0 Å². The van der Waals surface area contributed by atoms with Crippen molar-refractivity contribution >= 4 is 29.6 Å². The average Bonchev–Trinajstić information content (AvgIpc) is 2.72. The summed E-state index contributed by atoms with van der Waals surface area (Å²) in [6, 6.07) is 10.6. The highest BCUT2D eigenvalue weighted by Crippen LogP contribution is 2.30. The van der Waals surface area contributed by atoms with Crippen molar-refractivity contribution in [2.24, 2.45) is 5.10 Å². The fourth-order valence-electron chi connectivity index (χ4n) is 2.26. The first-order valence-electron chi connectivity index (χ1n) is 9.00. The SMILES string of the molecule is CCNC(=O)C(=O)N/N=C\c1cccc(OCC(=O)Nc2cccc(C(F)(F)F)c2)c1. The Bertz CT molecular complexity index is 977. The van der Waals surface area contributed by atoms with Crippen molar-refractivity contribution in [1.82, 2.24) is 10.7 Å². The average molecular weight is 436 g/mol. The molecule has 0 aliphatic heterocycles. The first kappa shape index (κ1) is 23.4. The molecule has 0 fully saturated rings. The Balaban J connectivity index is 1.89. The molecule has 3 N–H and O–H groups in total. The number of nitrogens with one attached hydrogen (secondary N) is 3. The maximum atomic E-state index is 12.7. The van der Waals surface area contributed by atoms with Gasteiger partial charge in [-0.3, -0.25) is 14.4 Å². The van der Waals surface area contributed by atoms with Gasteiger partial charge in [0.25, 0.3) is 5.91 Å². The third kappa shape index (κ3) is 7.80. The van der Waals surface area contributed by atoms with Gasteiger partial charge in [0, 0.05) is 12.2 Å². The van der Waals surface area contributed by atoms with E-state index in [1.165, 1.54) is 24.4 Å². The Labute approximate surface area is 175 Å². The van der Waals surface area contributed by atoms with E-state index in [2.05, 4.69) is 21.2 Å². The van der Waals surface area contributed by atoms with Gasteiger partial charge in [-0.2, -0.15) is 18.3 Å². The van der Waals surface area contributed by atoms with E-state index in [9.17, 15) is 27.6 Å². The second kappa shape index (κ2) is 10.8. The van der Waals surface area contributed by atoms with Crippen LogP contribution < -0.4 is 20.8 Å². The van der Waals surface area contributed by atoms with Gasteiger partial charge in [-0.15, -0.1) is 0 Å². The highest BCUT2D eigenvalue weighted by molar-refractivity contribution is 6.35. The van der Waals surface area contributed by atoms with Crippen LogP contribution in [0.25, 0.3) is 0 Å². The van der Waals surface area contributed by atoms with Crippen LogP contribution >= 0.6 is 0 Å². The standard InChI is InChI=1S/C20H19F3N4O4/c1-2-24-18(29)19(30)27-25-11-13-5-3-8-16(9-13)31-12-17(28)26-15-7-4-6-14(10-15)20(21,22)23/h3-11H,2,12H2,1H3,(H,24,29)(H,26,28)(H,27,30)/b25-11-. The fourth-order valence-corrected chi connectivity index (χ4v) is 2.26. The molecule has 0 bridgehead atoms. The molecular formula is C20H19F3N4O4. The summed E-state index contributed by atoms with van der Waals surface area (Å²) in [6.07, 6.45) is -3.24. The molecule has 0 radical (unpaired) electrons. The van der Waals surface area contributed by atoms with Crippen molar-refractivity contribution in [3.05, 3.63) is 59.7 Å². The van der Waals surface area contributed by atoms with Crippen LogP contribution in [0.3, 0.4) is 0 Å². The van der Waals surface area contributed by atoms with Gasteiger partial charge in [-0.05, 0) is 42.8 Å². The van der Waals surface area contributed by atoms with E-state index in [1.807, 2.05) is 0 Å². The number of nitrogens with zero attached hydrogens (tertiary/aromatic N) is 1. The summed E-state index contributed by atoms with van der Waals surface area (Å²) in [5.41, 5.74) is 1.68. The van der Waals surface area contributed by atoms with Gasteiger partial charge < -0.3 is 15.4 Å². The lowest BCUT2D eigenvalue weighted by Crippen LogP contribution is -2.37. The molecule has 2 aromatic rings. The predicted octanol–water partition coefficient (Wildman–Crippen LogP) is 2.31. The number of hydrogen-bond acceptors (Lipinski definition) is 5. The minimum atomic E-state index is -4.52. The van der Waals surface area contributed by atoms with E-state index in [4.69, 9.17) is 4.74 Å². The normalized spacial score (nSPS) is 11.1. The maximum absolute atomic E-state index is 12.7. The Kier molecular flexibility index (Phi) is 8.12. The summed E-state index contributed by atoms with van der Waals surface area (Å²) >= 11 is 0. The van der Waals surface area contributed by atoms with Crippen molar-refractivity contribution in [3.63, 3.8) is 0 Å². The van der Waals surface area contributed by atoms with Crippen molar-refractivity contribution in [2.75, 3.05) is 18.5 Å². The third-order valence-corrected chi connectivity index (χ3v) is 3.62. The van der Waals surface area contributed by atoms with Crippen LogP contribution in [0.5, 0.6) is 5.75 Å². The smallest absolute Gasteiger partial charge is 0.416 e. The number of carbonyl (C=O) groups is 3. The number of amides is 3. The molecule has 3 amide bonds. The van der Waals surface area contributed by atoms with Crippen LogP contribution in [0.15, 0.2) is 53.6 Å².